The molecule has 1 heteroatoms. The zero-order chi connectivity index (χ0) is 6.01. The first kappa shape index (κ1) is 5.06. The monoisotopic (exact) mass is 140 g/mol. The maximum absolute atomic E-state index is 4.58. The number of rotatable bonds is 0. The van der Waals surface area contributed by atoms with Gasteiger partial charge in [-0.2, -0.15) is 12.6 Å². The summed E-state index contributed by atoms with van der Waals surface area (Å²) in [5.74, 6) is 4.50. The largest absolute Gasteiger partial charge is 0.176 e. The molecule has 3 saturated carbocycles. The lowest BCUT2D eigenvalue weighted by molar-refractivity contribution is -0.0385. The van der Waals surface area contributed by atoms with Crippen LogP contribution < -0.4 is 0 Å². The SMILES string of the molecule is SC1CC2CC3CC1C23. The van der Waals surface area contributed by atoms with Crippen LogP contribution in [0.4, 0.5) is 0 Å². The van der Waals surface area contributed by atoms with Crippen LogP contribution in [0.25, 0.3) is 0 Å². The van der Waals surface area contributed by atoms with Crippen LogP contribution in [0.3, 0.4) is 0 Å². The normalized spacial score (nSPS) is 68.3. The van der Waals surface area contributed by atoms with E-state index in [9.17, 15) is 0 Å². The van der Waals surface area contributed by atoms with Crippen LogP contribution >= 0.6 is 12.6 Å². The molecular formula is C8H12S. The van der Waals surface area contributed by atoms with Crippen molar-refractivity contribution in [3.05, 3.63) is 0 Å². The maximum atomic E-state index is 4.58. The van der Waals surface area contributed by atoms with E-state index in [1.807, 2.05) is 0 Å². The smallest absolute Gasteiger partial charge is 0.00507 e. The van der Waals surface area contributed by atoms with Gasteiger partial charge in [0, 0.05) is 5.25 Å². The highest BCUT2D eigenvalue weighted by Gasteiger charge is 2.60. The molecule has 0 saturated heterocycles. The molecule has 0 nitrogen and oxygen atoms in total. The molecule has 3 fully saturated rings. The average Bonchev–Trinajstić information content (AvgIpc) is 2.01. The summed E-state index contributed by atoms with van der Waals surface area (Å²) >= 11 is 4.58. The highest BCUT2D eigenvalue weighted by atomic mass is 32.1. The lowest BCUT2D eigenvalue weighted by Crippen LogP contribution is -2.47. The lowest BCUT2D eigenvalue weighted by Gasteiger charge is -2.53. The van der Waals surface area contributed by atoms with Crippen LogP contribution in [-0.4, -0.2) is 5.25 Å². The Labute approximate surface area is 61.4 Å². The van der Waals surface area contributed by atoms with Gasteiger partial charge in [0.15, 0.2) is 0 Å². The van der Waals surface area contributed by atoms with Crippen LogP contribution in [0.2, 0.25) is 0 Å². The van der Waals surface area contributed by atoms with Gasteiger partial charge in [-0.1, -0.05) is 0 Å². The van der Waals surface area contributed by atoms with Crippen LogP contribution in [-0.2, 0) is 0 Å². The molecule has 3 aliphatic carbocycles. The zero-order valence-electron chi connectivity index (χ0n) is 5.46. The standard InChI is InChI=1S/C8H12S/c9-7-3-5-1-4-2-6(7)8(4)5/h4-9H,1-3H2. The molecule has 50 valence electrons. The van der Waals surface area contributed by atoms with Crippen molar-refractivity contribution in [1.82, 2.24) is 0 Å². The molecular weight excluding hydrogens is 128 g/mol. The summed E-state index contributed by atoms with van der Waals surface area (Å²) in [5, 5.41) is 0.791. The Balaban J connectivity index is 1.93. The molecule has 3 aliphatic rings. The Morgan fingerprint density at radius 3 is 2.33 bits per heavy atom. The zero-order valence-corrected chi connectivity index (χ0v) is 6.35. The van der Waals surface area contributed by atoms with Gasteiger partial charge in [0.25, 0.3) is 0 Å². The first-order valence-electron chi connectivity index (χ1n) is 4.04. The third-order valence-electron chi connectivity index (χ3n) is 3.80. The Bertz CT molecular complexity index is 151. The van der Waals surface area contributed by atoms with Crippen LogP contribution in [0.1, 0.15) is 19.3 Å². The lowest BCUT2D eigenvalue weighted by atomic mass is 9.52. The van der Waals surface area contributed by atoms with Gasteiger partial charge in [0.2, 0.25) is 0 Å². The molecule has 0 heterocycles. The second-order valence-electron chi connectivity index (χ2n) is 4.04. The van der Waals surface area contributed by atoms with Crippen LogP contribution in [0.15, 0.2) is 0 Å². The molecule has 9 heavy (non-hydrogen) atoms. The predicted octanol–water partition coefficient (Wildman–Crippen LogP) is 1.96. The summed E-state index contributed by atoms with van der Waals surface area (Å²) in [6.45, 7) is 0. The van der Waals surface area contributed by atoms with Gasteiger partial charge in [0.1, 0.15) is 0 Å². The van der Waals surface area contributed by atoms with Crippen molar-refractivity contribution < 1.29 is 0 Å². The van der Waals surface area contributed by atoms with Crippen molar-refractivity contribution in [2.75, 3.05) is 0 Å². The van der Waals surface area contributed by atoms with Crippen molar-refractivity contribution in [3.63, 3.8) is 0 Å². The summed E-state index contributed by atoms with van der Waals surface area (Å²) in [6, 6.07) is 0. The molecule has 0 radical (unpaired) electrons. The molecule has 5 unspecified atom stereocenters. The Morgan fingerprint density at radius 2 is 1.78 bits per heavy atom. The Kier molecular flexibility index (Phi) is 0.753. The fourth-order valence-electron chi connectivity index (χ4n) is 3.31. The minimum absolute atomic E-state index is 0.791. The van der Waals surface area contributed by atoms with E-state index >= 15 is 0 Å². The molecule has 0 aromatic rings. The first-order chi connectivity index (χ1) is 4.36. The van der Waals surface area contributed by atoms with E-state index in [4.69, 9.17) is 0 Å². The van der Waals surface area contributed by atoms with Crippen molar-refractivity contribution in [1.29, 1.82) is 0 Å². The van der Waals surface area contributed by atoms with E-state index in [1.54, 1.807) is 6.42 Å². The number of hydrogen-bond donors (Lipinski definition) is 1. The first-order valence-corrected chi connectivity index (χ1v) is 4.56. The summed E-state index contributed by atoms with van der Waals surface area (Å²) < 4.78 is 0. The van der Waals surface area contributed by atoms with Gasteiger partial charge < -0.3 is 0 Å². The van der Waals surface area contributed by atoms with Crippen LogP contribution in [0.5, 0.6) is 0 Å². The number of thiol groups is 1. The molecule has 0 aliphatic heterocycles. The third-order valence-corrected chi connectivity index (χ3v) is 4.40. The van der Waals surface area contributed by atoms with E-state index in [0.29, 0.717) is 0 Å². The van der Waals surface area contributed by atoms with Crippen LogP contribution in [0, 0.1) is 23.7 Å². The molecule has 0 N–H and O–H groups in total. The molecule has 0 bridgehead atoms. The van der Waals surface area contributed by atoms with Gasteiger partial charge in [-0.15, -0.1) is 0 Å². The van der Waals surface area contributed by atoms with Gasteiger partial charge >= 0.3 is 0 Å². The third kappa shape index (κ3) is 0.419. The Morgan fingerprint density at radius 1 is 1.00 bits per heavy atom. The average molecular weight is 140 g/mol. The van der Waals surface area contributed by atoms with Gasteiger partial charge in [0.05, 0.1) is 0 Å². The number of hydrogen-bond acceptors (Lipinski definition) is 1. The molecule has 0 spiro atoms. The van der Waals surface area contributed by atoms with Crippen molar-refractivity contribution in [2.45, 2.75) is 24.5 Å². The molecule has 0 amide bonds. The topological polar surface area (TPSA) is 0 Å². The highest BCUT2D eigenvalue weighted by Crippen LogP contribution is 2.66. The molecule has 0 aromatic heterocycles. The fourth-order valence-corrected chi connectivity index (χ4v) is 3.90. The summed E-state index contributed by atoms with van der Waals surface area (Å²) in [5.41, 5.74) is 0. The fraction of sp³-hybridized carbons (Fsp3) is 1.00. The summed E-state index contributed by atoms with van der Waals surface area (Å²) in [6.07, 6.45) is 4.52. The van der Waals surface area contributed by atoms with E-state index < -0.39 is 0 Å². The van der Waals surface area contributed by atoms with Crippen molar-refractivity contribution >= 4 is 12.6 Å². The van der Waals surface area contributed by atoms with E-state index in [1.165, 1.54) is 12.8 Å². The highest BCUT2D eigenvalue weighted by molar-refractivity contribution is 7.81. The summed E-state index contributed by atoms with van der Waals surface area (Å²) in [7, 11) is 0. The molecule has 3 rings (SSSR count). The molecule has 5 atom stereocenters. The van der Waals surface area contributed by atoms with Gasteiger partial charge in [-0.05, 0) is 42.9 Å². The van der Waals surface area contributed by atoms with E-state index in [2.05, 4.69) is 12.6 Å². The van der Waals surface area contributed by atoms with Crippen molar-refractivity contribution in [3.8, 4) is 0 Å². The van der Waals surface area contributed by atoms with E-state index in [0.717, 1.165) is 28.9 Å². The Hall–Kier alpha value is 0.350. The quantitative estimate of drug-likeness (QED) is 0.489. The van der Waals surface area contributed by atoms with E-state index in [-0.39, 0.29) is 0 Å². The maximum Gasteiger partial charge on any atom is 0.00507 e. The second kappa shape index (κ2) is 1.34. The molecule has 0 aromatic carbocycles. The second-order valence-corrected chi connectivity index (χ2v) is 4.70. The van der Waals surface area contributed by atoms with Gasteiger partial charge in [-0.25, -0.2) is 0 Å². The minimum atomic E-state index is 0.791. The van der Waals surface area contributed by atoms with Gasteiger partial charge in [-0.3, -0.25) is 0 Å². The minimum Gasteiger partial charge on any atom is -0.176 e. The van der Waals surface area contributed by atoms with Crippen molar-refractivity contribution in [2.24, 2.45) is 23.7 Å². The summed E-state index contributed by atoms with van der Waals surface area (Å²) in [4.78, 5) is 0. The predicted molar refractivity (Wildman–Crippen MR) is 40.6 cm³/mol.